The van der Waals surface area contributed by atoms with Crippen molar-refractivity contribution in [2.45, 2.75) is 13.8 Å². The third-order valence-electron chi connectivity index (χ3n) is 1.99. The van der Waals surface area contributed by atoms with Crippen molar-refractivity contribution in [2.75, 3.05) is 12.3 Å². The largest absolute Gasteiger partial charge is 0.494 e. The minimum atomic E-state index is -0.665. The molecule has 0 aliphatic carbocycles. The maximum atomic E-state index is 11.3. The molecule has 6 heteroatoms. The fourth-order valence-electron chi connectivity index (χ4n) is 1.35. The van der Waals surface area contributed by atoms with Crippen LogP contribution in [0, 0.1) is 10.1 Å². The highest BCUT2D eigenvalue weighted by Crippen LogP contribution is 2.31. The van der Waals surface area contributed by atoms with Gasteiger partial charge in [0.25, 0.3) is 0 Å². The van der Waals surface area contributed by atoms with E-state index >= 15 is 0 Å². The predicted octanol–water partition coefficient (Wildman–Crippen LogP) is 1.78. The van der Waals surface area contributed by atoms with Crippen LogP contribution in [-0.4, -0.2) is 17.3 Å². The zero-order valence-corrected chi connectivity index (χ0v) is 9.02. The van der Waals surface area contributed by atoms with Crippen molar-refractivity contribution >= 4 is 17.2 Å². The summed E-state index contributed by atoms with van der Waals surface area (Å²) in [5, 5.41) is 10.7. The lowest BCUT2D eigenvalue weighted by molar-refractivity contribution is -0.384. The summed E-state index contributed by atoms with van der Waals surface area (Å²) in [5.41, 5.74) is 5.05. The number of rotatable bonds is 4. The monoisotopic (exact) mass is 224 g/mol. The zero-order chi connectivity index (χ0) is 12.3. The van der Waals surface area contributed by atoms with E-state index in [0.717, 1.165) is 0 Å². The van der Waals surface area contributed by atoms with Crippen LogP contribution in [0.25, 0.3) is 0 Å². The van der Waals surface area contributed by atoms with Crippen LogP contribution in [0.3, 0.4) is 0 Å². The van der Waals surface area contributed by atoms with Crippen molar-refractivity contribution in [3.8, 4) is 5.75 Å². The van der Waals surface area contributed by atoms with E-state index in [1.165, 1.54) is 19.1 Å². The Kier molecular flexibility index (Phi) is 3.44. The number of carbonyl (C=O) groups is 1. The SMILES string of the molecule is CCOc1cc(N)c([N+](=O)[O-])c(C(C)=O)c1. The van der Waals surface area contributed by atoms with Crippen LogP contribution in [0.15, 0.2) is 12.1 Å². The van der Waals surface area contributed by atoms with Gasteiger partial charge in [0.2, 0.25) is 0 Å². The lowest BCUT2D eigenvalue weighted by Gasteiger charge is -2.07. The number of ketones is 1. The molecule has 0 spiro atoms. The van der Waals surface area contributed by atoms with Crippen LogP contribution in [0.4, 0.5) is 11.4 Å². The topological polar surface area (TPSA) is 95.5 Å². The van der Waals surface area contributed by atoms with Gasteiger partial charge in [0, 0.05) is 6.07 Å². The van der Waals surface area contributed by atoms with Crippen molar-refractivity contribution in [3.05, 3.63) is 27.8 Å². The summed E-state index contributed by atoms with van der Waals surface area (Å²) in [6, 6.07) is 2.68. The number of nitrogens with two attached hydrogens (primary N) is 1. The highest BCUT2D eigenvalue weighted by Gasteiger charge is 2.22. The molecule has 6 nitrogen and oxygen atoms in total. The number of nitrogen functional groups attached to an aromatic ring is 1. The molecule has 0 aliphatic rings. The van der Waals surface area contributed by atoms with E-state index in [-0.39, 0.29) is 16.9 Å². The Hall–Kier alpha value is -2.11. The fourth-order valence-corrected chi connectivity index (χ4v) is 1.35. The highest BCUT2D eigenvalue weighted by atomic mass is 16.6. The minimum Gasteiger partial charge on any atom is -0.494 e. The van der Waals surface area contributed by atoms with E-state index < -0.39 is 10.7 Å². The van der Waals surface area contributed by atoms with Gasteiger partial charge in [0.1, 0.15) is 17.0 Å². The number of hydrogen-bond donors (Lipinski definition) is 1. The lowest BCUT2D eigenvalue weighted by atomic mass is 10.1. The first-order valence-corrected chi connectivity index (χ1v) is 4.69. The Labute approximate surface area is 92.2 Å². The lowest BCUT2D eigenvalue weighted by Crippen LogP contribution is -2.05. The van der Waals surface area contributed by atoms with E-state index in [9.17, 15) is 14.9 Å². The quantitative estimate of drug-likeness (QED) is 0.364. The Morgan fingerprint density at radius 3 is 2.62 bits per heavy atom. The molecule has 0 heterocycles. The third-order valence-corrected chi connectivity index (χ3v) is 1.99. The summed E-state index contributed by atoms with van der Waals surface area (Å²) in [6.07, 6.45) is 0. The van der Waals surface area contributed by atoms with Crippen LogP contribution in [-0.2, 0) is 0 Å². The van der Waals surface area contributed by atoms with Gasteiger partial charge in [0.05, 0.1) is 11.5 Å². The van der Waals surface area contributed by atoms with Crippen LogP contribution in [0.2, 0.25) is 0 Å². The Balaban J connectivity index is 3.39. The molecule has 1 aromatic rings. The van der Waals surface area contributed by atoms with Gasteiger partial charge < -0.3 is 10.5 Å². The Morgan fingerprint density at radius 1 is 1.56 bits per heavy atom. The zero-order valence-electron chi connectivity index (χ0n) is 9.02. The maximum absolute atomic E-state index is 11.3. The number of nitro benzene ring substituents is 1. The third kappa shape index (κ3) is 2.28. The number of benzene rings is 1. The van der Waals surface area contributed by atoms with Crippen LogP contribution >= 0.6 is 0 Å². The van der Waals surface area contributed by atoms with E-state index in [2.05, 4.69) is 0 Å². The van der Waals surface area contributed by atoms with E-state index in [0.29, 0.717) is 12.4 Å². The molecule has 0 bridgehead atoms. The van der Waals surface area contributed by atoms with Crippen LogP contribution in [0.5, 0.6) is 5.75 Å². The van der Waals surface area contributed by atoms with E-state index in [4.69, 9.17) is 10.5 Å². The number of Topliss-reactive ketones (excluding diaryl/α,β-unsaturated/α-hetero) is 1. The molecular formula is C10H12N2O4. The molecule has 0 aliphatic heterocycles. The van der Waals surface area contributed by atoms with Gasteiger partial charge in [-0.25, -0.2) is 0 Å². The predicted molar refractivity (Wildman–Crippen MR) is 58.7 cm³/mol. The number of nitro groups is 1. The first kappa shape index (κ1) is 12.0. The molecule has 1 rings (SSSR count). The van der Waals surface area contributed by atoms with Gasteiger partial charge in [-0.15, -0.1) is 0 Å². The van der Waals surface area contributed by atoms with Crippen molar-refractivity contribution < 1.29 is 14.5 Å². The van der Waals surface area contributed by atoms with Crippen LogP contribution in [0.1, 0.15) is 24.2 Å². The molecule has 0 saturated carbocycles. The van der Waals surface area contributed by atoms with Crippen LogP contribution < -0.4 is 10.5 Å². The van der Waals surface area contributed by atoms with Gasteiger partial charge in [0.15, 0.2) is 5.78 Å². The molecule has 0 unspecified atom stereocenters. The second-order valence-electron chi connectivity index (χ2n) is 3.15. The Bertz CT molecular complexity index is 443. The normalized spacial score (nSPS) is 9.88. The Morgan fingerprint density at radius 2 is 2.19 bits per heavy atom. The molecular weight excluding hydrogens is 212 g/mol. The molecule has 86 valence electrons. The summed E-state index contributed by atoms with van der Waals surface area (Å²) in [4.78, 5) is 21.3. The van der Waals surface area contributed by atoms with E-state index in [1.54, 1.807) is 6.92 Å². The molecule has 0 radical (unpaired) electrons. The van der Waals surface area contributed by atoms with Gasteiger partial charge in [-0.2, -0.15) is 0 Å². The average molecular weight is 224 g/mol. The summed E-state index contributed by atoms with van der Waals surface area (Å²) >= 11 is 0. The molecule has 2 N–H and O–H groups in total. The number of anilines is 1. The summed E-state index contributed by atoms with van der Waals surface area (Å²) < 4.78 is 5.16. The van der Waals surface area contributed by atoms with Gasteiger partial charge >= 0.3 is 5.69 Å². The molecule has 1 aromatic carbocycles. The van der Waals surface area contributed by atoms with Crippen molar-refractivity contribution in [2.24, 2.45) is 0 Å². The first-order valence-electron chi connectivity index (χ1n) is 4.69. The first-order chi connectivity index (χ1) is 7.47. The molecule has 0 saturated heterocycles. The second kappa shape index (κ2) is 4.61. The van der Waals surface area contributed by atoms with Gasteiger partial charge in [-0.05, 0) is 19.9 Å². The highest BCUT2D eigenvalue weighted by molar-refractivity contribution is 6.00. The standard InChI is InChI=1S/C10H12N2O4/c1-3-16-7-4-8(6(2)13)10(12(14)15)9(11)5-7/h4-5H,3,11H2,1-2H3. The average Bonchev–Trinajstić information content (AvgIpc) is 2.16. The maximum Gasteiger partial charge on any atom is 0.303 e. The summed E-state index contributed by atoms with van der Waals surface area (Å²) in [5.74, 6) is -0.0595. The molecule has 16 heavy (non-hydrogen) atoms. The van der Waals surface area contributed by atoms with Crippen molar-refractivity contribution in [1.29, 1.82) is 0 Å². The second-order valence-corrected chi connectivity index (χ2v) is 3.15. The molecule has 0 aromatic heterocycles. The number of carbonyl (C=O) groups excluding carboxylic acids is 1. The van der Waals surface area contributed by atoms with Crippen molar-refractivity contribution in [1.82, 2.24) is 0 Å². The summed E-state index contributed by atoms with van der Waals surface area (Å²) in [6.45, 7) is 3.41. The van der Waals surface area contributed by atoms with Gasteiger partial charge in [-0.3, -0.25) is 14.9 Å². The fraction of sp³-hybridized carbons (Fsp3) is 0.300. The van der Waals surface area contributed by atoms with Gasteiger partial charge in [-0.1, -0.05) is 0 Å². The minimum absolute atomic E-state index is 0.0338. The van der Waals surface area contributed by atoms with Crippen molar-refractivity contribution in [3.63, 3.8) is 0 Å². The molecule has 0 fully saturated rings. The summed E-state index contributed by atoms with van der Waals surface area (Å²) in [7, 11) is 0. The smallest absolute Gasteiger partial charge is 0.303 e. The number of ether oxygens (including phenoxy) is 1. The van der Waals surface area contributed by atoms with E-state index in [1.807, 2.05) is 0 Å². The number of nitrogens with zero attached hydrogens (tertiary/aromatic N) is 1. The number of hydrogen-bond acceptors (Lipinski definition) is 5. The molecule has 0 atom stereocenters. The molecule has 0 amide bonds.